The highest BCUT2D eigenvalue weighted by molar-refractivity contribution is 7.47. The van der Waals surface area contributed by atoms with Gasteiger partial charge in [0.15, 0.2) is 12.2 Å². The van der Waals surface area contributed by atoms with Crippen LogP contribution in [0.25, 0.3) is 0 Å². The van der Waals surface area contributed by atoms with Crippen molar-refractivity contribution >= 4 is 39.5 Å². The highest BCUT2D eigenvalue weighted by Crippen LogP contribution is 2.45. The first-order chi connectivity index (χ1) is 42.6. The van der Waals surface area contributed by atoms with Crippen molar-refractivity contribution in [2.75, 3.05) is 39.6 Å². The molecule has 0 aromatic heterocycles. The minimum Gasteiger partial charge on any atom is -0.462 e. The smallest absolute Gasteiger partial charge is 0.462 e. The molecule has 0 saturated carbocycles. The molecule has 4 unspecified atom stereocenters. The lowest BCUT2D eigenvalue weighted by Crippen LogP contribution is -2.30. The Labute approximate surface area is 543 Å². The zero-order chi connectivity index (χ0) is 66.1. The zero-order valence-electron chi connectivity index (χ0n) is 58.1. The summed E-state index contributed by atoms with van der Waals surface area (Å²) in [5.74, 6) is 0.856. The maximum Gasteiger partial charge on any atom is 0.472 e. The fourth-order valence-electron chi connectivity index (χ4n) is 10.5. The number of aliphatic hydroxyl groups excluding tert-OH is 1. The van der Waals surface area contributed by atoms with Gasteiger partial charge in [0.25, 0.3) is 0 Å². The molecule has 0 aliphatic carbocycles. The molecule has 0 amide bonds. The quantitative estimate of drug-likeness (QED) is 0.0222. The van der Waals surface area contributed by atoms with Gasteiger partial charge in [0, 0.05) is 25.7 Å². The first-order valence-corrected chi connectivity index (χ1v) is 39.2. The van der Waals surface area contributed by atoms with Gasteiger partial charge in [0.1, 0.15) is 19.3 Å². The Balaban J connectivity index is 5.25. The topological polar surface area (TPSA) is 237 Å². The largest absolute Gasteiger partial charge is 0.472 e. The second-order valence-electron chi connectivity index (χ2n) is 26.9. The molecule has 0 heterocycles. The number of carbonyl (C=O) groups excluding carboxylic acids is 4. The average Bonchev–Trinajstić information content (AvgIpc) is 3.67. The number of phosphoric ester groups is 2. The molecule has 0 rings (SSSR count). The van der Waals surface area contributed by atoms with Crippen molar-refractivity contribution in [2.24, 2.45) is 23.7 Å². The fourth-order valence-corrected chi connectivity index (χ4v) is 12.0. The van der Waals surface area contributed by atoms with E-state index in [-0.39, 0.29) is 25.7 Å². The van der Waals surface area contributed by atoms with E-state index in [4.69, 9.17) is 37.0 Å². The van der Waals surface area contributed by atoms with Crippen LogP contribution >= 0.6 is 15.6 Å². The van der Waals surface area contributed by atoms with E-state index in [0.717, 1.165) is 114 Å². The molecule has 0 spiro atoms. The first kappa shape index (κ1) is 87.1. The molecule has 6 atom stereocenters. The minimum absolute atomic E-state index is 0.103. The second kappa shape index (κ2) is 59.8. The van der Waals surface area contributed by atoms with Crippen molar-refractivity contribution in [2.45, 2.75) is 363 Å². The van der Waals surface area contributed by atoms with Crippen LogP contribution < -0.4 is 0 Å². The van der Waals surface area contributed by atoms with Crippen molar-refractivity contribution in [3.05, 3.63) is 0 Å². The monoisotopic (exact) mass is 1310 g/mol. The van der Waals surface area contributed by atoms with Gasteiger partial charge in [-0.3, -0.25) is 37.3 Å². The molecule has 3 N–H and O–H groups in total. The van der Waals surface area contributed by atoms with Crippen LogP contribution in [0.3, 0.4) is 0 Å². The van der Waals surface area contributed by atoms with Gasteiger partial charge in [-0.2, -0.15) is 0 Å². The lowest BCUT2D eigenvalue weighted by molar-refractivity contribution is -0.161. The van der Waals surface area contributed by atoms with Crippen LogP contribution in [-0.4, -0.2) is 96.7 Å². The van der Waals surface area contributed by atoms with Crippen molar-refractivity contribution in [3.8, 4) is 0 Å². The van der Waals surface area contributed by atoms with Crippen molar-refractivity contribution in [3.63, 3.8) is 0 Å². The van der Waals surface area contributed by atoms with E-state index in [9.17, 15) is 43.2 Å². The number of ether oxygens (including phenoxy) is 4. The van der Waals surface area contributed by atoms with E-state index in [1.165, 1.54) is 141 Å². The summed E-state index contributed by atoms with van der Waals surface area (Å²) in [5.41, 5.74) is 0. The maximum atomic E-state index is 13.0. The van der Waals surface area contributed by atoms with E-state index in [1.807, 2.05) is 0 Å². The molecular formula is C70H136O17P2. The molecule has 0 aliphatic heterocycles. The van der Waals surface area contributed by atoms with Gasteiger partial charge < -0.3 is 33.8 Å². The van der Waals surface area contributed by atoms with E-state index in [0.29, 0.717) is 31.6 Å². The molecule has 89 heavy (non-hydrogen) atoms. The van der Waals surface area contributed by atoms with E-state index >= 15 is 0 Å². The van der Waals surface area contributed by atoms with Crippen LogP contribution in [0.2, 0.25) is 0 Å². The molecule has 0 aromatic carbocycles. The Hall–Kier alpha value is -1.94. The van der Waals surface area contributed by atoms with Crippen LogP contribution in [0, 0.1) is 23.7 Å². The standard InChI is InChI=1S/C70H136O17P2/c1-9-63(8)49-41-33-25-18-20-26-34-42-50-67(72)80-56-65(87-70(75)53-45-37-28-19-17-23-31-39-47-61(4)5)58-84-88(76,77)82-54-64(71)55-83-89(78,79)85-59-66(57-81-68(73)51-43-35-29-21-24-32-40-48-62(6)7)86-69(74)52-44-36-27-16-14-12-10-11-13-15-22-30-38-46-60(2)3/h60-66,71H,9-59H2,1-8H3,(H,76,77)(H,78,79)/t63?,64?,65-,66-/m1/s1. The van der Waals surface area contributed by atoms with Gasteiger partial charge in [-0.15, -0.1) is 0 Å². The number of aliphatic hydroxyl groups is 1. The molecule has 0 fully saturated rings. The van der Waals surface area contributed by atoms with Gasteiger partial charge >= 0.3 is 39.5 Å². The molecule has 0 aromatic rings. The molecule has 0 bridgehead atoms. The van der Waals surface area contributed by atoms with E-state index in [1.54, 1.807) is 0 Å². The van der Waals surface area contributed by atoms with Crippen molar-refractivity contribution in [1.82, 2.24) is 0 Å². The lowest BCUT2D eigenvalue weighted by Gasteiger charge is -2.21. The third-order valence-electron chi connectivity index (χ3n) is 16.4. The number of unbranched alkanes of at least 4 members (excludes halogenated alkanes) is 32. The van der Waals surface area contributed by atoms with Crippen LogP contribution in [0.5, 0.6) is 0 Å². The Kier molecular flexibility index (Phi) is 58.5. The van der Waals surface area contributed by atoms with Gasteiger partial charge in [-0.25, -0.2) is 9.13 Å². The lowest BCUT2D eigenvalue weighted by atomic mass is 9.99. The van der Waals surface area contributed by atoms with Crippen LogP contribution in [0.15, 0.2) is 0 Å². The van der Waals surface area contributed by atoms with E-state index < -0.39 is 97.5 Å². The Morgan fingerprint density at radius 1 is 0.315 bits per heavy atom. The summed E-state index contributed by atoms with van der Waals surface area (Å²) in [7, 11) is -9.90. The summed E-state index contributed by atoms with van der Waals surface area (Å²) in [6, 6.07) is 0. The summed E-state index contributed by atoms with van der Waals surface area (Å²) >= 11 is 0. The SMILES string of the molecule is CCC(C)CCCCCCCCCCC(=O)OC[C@H](COP(=O)(O)OCC(O)COP(=O)(O)OC[C@@H](COC(=O)CCCCCCCCCC(C)C)OC(=O)CCCCCCCCCCCCCCCC(C)C)OC(=O)CCCCCCCCCCC(C)C. The van der Waals surface area contributed by atoms with Crippen molar-refractivity contribution in [1.29, 1.82) is 0 Å². The predicted octanol–water partition coefficient (Wildman–Crippen LogP) is 19.7. The molecule has 19 heteroatoms. The van der Waals surface area contributed by atoms with E-state index in [2.05, 4.69) is 55.4 Å². The summed E-state index contributed by atoms with van der Waals surface area (Å²) in [6.45, 7) is 14.1. The summed E-state index contributed by atoms with van der Waals surface area (Å²) < 4.78 is 68.3. The Morgan fingerprint density at radius 3 is 0.798 bits per heavy atom. The summed E-state index contributed by atoms with van der Waals surface area (Å²) in [4.78, 5) is 72.5. The molecule has 0 aliphatic rings. The first-order valence-electron chi connectivity index (χ1n) is 36.2. The molecule has 528 valence electrons. The predicted molar refractivity (Wildman–Crippen MR) is 358 cm³/mol. The van der Waals surface area contributed by atoms with Crippen LogP contribution in [-0.2, 0) is 65.4 Å². The normalized spacial score (nSPS) is 14.6. The third-order valence-corrected chi connectivity index (χ3v) is 18.3. The highest BCUT2D eigenvalue weighted by atomic mass is 31.2. The molecule has 17 nitrogen and oxygen atoms in total. The Bertz CT molecular complexity index is 1770. The Morgan fingerprint density at radius 2 is 0.539 bits per heavy atom. The number of phosphoric acid groups is 2. The van der Waals surface area contributed by atoms with Gasteiger partial charge in [-0.1, -0.05) is 293 Å². The highest BCUT2D eigenvalue weighted by Gasteiger charge is 2.30. The zero-order valence-corrected chi connectivity index (χ0v) is 59.8. The number of hydrogen-bond donors (Lipinski definition) is 3. The molecule has 0 saturated heterocycles. The van der Waals surface area contributed by atoms with Crippen molar-refractivity contribution < 1.29 is 80.2 Å². The van der Waals surface area contributed by atoms with Gasteiger partial charge in [0.05, 0.1) is 26.4 Å². The number of hydrogen-bond acceptors (Lipinski definition) is 15. The van der Waals surface area contributed by atoms with Crippen LogP contribution in [0.4, 0.5) is 0 Å². The third kappa shape index (κ3) is 63.2. The second-order valence-corrected chi connectivity index (χ2v) is 29.8. The van der Waals surface area contributed by atoms with Gasteiger partial charge in [0.2, 0.25) is 0 Å². The maximum absolute atomic E-state index is 13.0. The molecule has 0 radical (unpaired) electrons. The minimum atomic E-state index is -4.95. The average molecular weight is 1310 g/mol. The number of rotatable bonds is 67. The summed E-state index contributed by atoms with van der Waals surface area (Å²) in [5, 5.41) is 10.6. The fraction of sp³-hybridized carbons (Fsp3) is 0.943. The summed E-state index contributed by atoms with van der Waals surface area (Å²) in [6.07, 6.45) is 41.7. The van der Waals surface area contributed by atoms with Crippen LogP contribution in [0.1, 0.15) is 344 Å². The number of carbonyl (C=O) groups is 4. The number of esters is 4. The molecular weight excluding hydrogens is 1170 g/mol. The van der Waals surface area contributed by atoms with Gasteiger partial charge in [-0.05, 0) is 49.4 Å².